The molecule has 0 bridgehead atoms. The van der Waals surface area contributed by atoms with E-state index in [0.29, 0.717) is 34.8 Å². The predicted molar refractivity (Wildman–Crippen MR) is 112 cm³/mol. The Balaban J connectivity index is 1.38. The van der Waals surface area contributed by atoms with Gasteiger partial charge in [-0.2, -0.15) is 0 Å². The molecule has 1 heterocycles. The molecule has 0 radical (unpaired) electrons. The topological polar surface area (TPSA) is 84.5 Å². The Hall–Kier alpha value is -3.45. The van der Waals surface area contributed by atoms with Crippen LogP contribution in [0, 0.1) is 0 Å². The van der Waals surface area contributed by atoms with Crippen LogP contribution in [0.2, 0.25) is 0 Å². The number of benzene rings is 2. The van der Waals surface area contributed by atoms with Gasteiger partial charge in [0.05, 0.1) is 4.88 Å². The Kier molecular flexibility index (Phi) is 7.13. The molecule has 148 valence electrons. The normalized spacial score (nSPS) is 10.2. The number of rotatable bonds is 8. The minimum Gasteiger partial charge on any atom is -0.427 e. The van der Waals surface area contributed by atoms with Gasteiger partial charge in [-0.25, -0.2) is 0 Å². The van der Waals surface area contributed by atoms with Crippen LogP contribution in [0.15, 0.2) is 72.1 Å². The van der Waals surface area contributed by atoms with Crippen LogP contribution in [0.25, 0.3) is 0 Å². The number of amides is 2. The lowest BCUT2D eigenvalue weighted by Crippen LogP contribution is -2.25. The van der Waals surface area contributed by atoms with Crippen molar-refractivity contribution in [1.82, 2.24) is 5.32 Å². The molecule has 3 aromatic rings. The summed E-state index contributed by atoms with van der Waals surface area (Å²) < 4.78 is 5.28. The zero-order chi connectivity index (χ0) is 20.5. The Labute approximate surface area is 172 Å². The van der Waals surface area contributed by atoms with Gasteiger partial charge in [-0.05, 0) is 54.3 Å². The minimum absolute atomic E-state index is 0.167. The summed E-state index contributed by atoms with van der Waals surface area (Å²) in [4.78, 5) is 36.5. The van der Waals surface area contributed by atoms with Crippen LogP contribution < -0.4 is 15.4 Å². The first-order valence-electron chi connectivity index (χ1n) is 9.10. The molecule has 0 aliphatic heterocycles. The van der Waals surface area contributed by atoms with E-state index in [1.807, 2.05) is 17.5 Å². The van der Waals surface area contributed by atoms with Crippen molar-refractivity contribution in [3.8, 4) is 5.75 Å². The molecule has 2 aromatic carbocycles. The van der Waals surface area contributed by atoms with E-state index in [2.05, 4.69) is 10.6 Å². The number of esters is 1. The summed E-state index contributed by atoms with van der Waals surface area (Å²) in [5.74, 6) is -0.326. The lowest BCUT2D eigenvalue weighted by atomic mass is 10.2. The third kappa shape index (κ3) is 6.29. The standard InChI is InChI=1S/C22H20N2O4S/c25-20(9-4-14-23-21(26)16-6-2-1-3-7-16)28-18-12-10-17(11-13-18)24-22(27)19-8-5-15-29-19/h1-3,5-8,10-13,15H,4,9,14H2,(H,23,26)(H,24,27). The average molecular weight is 408 g/mol. The Bertz CT molecular complexity index is 954. The molecule has 0 aliphatic rings. The highest BCUT2D eigenvalue weighted by molar-refractivity contribution is 7.12. The van der Waals surface area contributed by atoms with Crippen molar-refractivity contribution in [2.24, 2.45) is 0 Å². The van der Waals surface area contributed by atoms with E-state index < -0.39 is 0 Å². The van der Waals surface area contributed by atoms with E-state index in [9.17, 15) is 14.4 Å². The highest BCUT2D eigenvalue weighted by Gasteiger charge is 2.09. The maximum Gasteiger partial charge on any atom is 0.311 e. The first-order valence-corrected chi connectivity index (χ1v) is 9.98. The highest BCUT2D eigenvalue weighted by Crippen LogP contribution is 2.18. The van der Waals surface area contributed by atoms with Crippen LogP contribution in [0.5, 0.6) is 5.75 Å². The van der Waals surface area contributed by atoms with Crippen molar-refractivity contribution in [3.63, 3.8) is 0 Å². The highest BCUT2D eigenvalue weighted by atomic mass is 32.1. The number of nitrogens with one attached hydrogen (secondary N) is 2. The molecule has 3 rings (SSSR count). The molecule has 0 fully saturated rings. The SMILES string of the molecule is O=C(CCCNC(=O)c1ccccc1)Oc1ccc(NC(=O)c2cccs2)cc1. The molecule has 2 N–H and O–H groups in total. The lowest BCUT2D eigenvalue weighted by molar-refractivity contribution is -0.134. The number of thiophene rings is 1. The van der Waals surface area contributed by atoms with Gasteiger partial charge < -0.3 is 15.4 Å². The number of hydrogen-bond acceptors (Lipinski definition) is 5. The average Bonchev–Trinajstić information content (AvgIpc) is 3.28. The van der Waals surface area contributed by atoms with Crippen molar-refractivity contribution >= 4 is 34.8 Å². The van der Waals surface area contributed by atoms with Gasteiger partial charge in [-0.15, -0.1) is 11.3 Å². The zero-order valence-corrected chi connectivity index (χ0v) is 16.4. The molecular weight excluding hydrogens is 388 g/mol. The fourth-order valence-corrected chi connectivity index (χ4v) is 3.13. The Morgan fingerprint density at radius 1 is 0.862 bits per heavy atom. The quantitative estimate of drug-likeness (QED) is 0.334. The number of hydrogen-bond donors (Lipinski definition) is 2. The maximum atomic E-state index is 12.0. The number of ether oxygens (including phenoxy) is 1. The minimum atomic E-state index is -0.380. The predicted octanol–water partition coefficient (Wildman–Crippen LogP) is 4.12. The van der Waals surface area contributed by atoms with Crippen molar-refractivity contribution in [3.05, 3.63) is 82.6 Å². The fourth-order valence-electron chi connectivity index (χ4n) is 2.52. The van der Waals surface area contributed by atoms with Crippen LogP contribution >= 0.6 is 11.3 Å². The second-order valence-corrected chi connectivity index (χ2v) is 7.10. The third-order valence-corrected chi connectivity index (χ3v) is 4.84. The Morgan fingerprint density at radius 3 is 2.31 bits per heavy atom. The number of carbonyl (C=O) groups excluding carboxylic acids is 3. The molecule has 0 saturated carbocycles. The molecule has 0 unspecified atom stereocenters. The molecule has 29 heavy (non-hydrogen) atoms. The van der Waals surface area contributed by atoms with Gasteiger partial charge in [0, 0.05) is 24.2 Å². The molecule has 0 aliphatic carbocycles. The van der Waals surface area contributed by atoms with Crippen LogP contribution in [0.1, 0.15) is 32.9 Å². The summed E-state index contributed by atoms with van der Waals surface area (Å²) >= 11 is 1.36. The van der Waals surface area contributed by atoms with Crippen LogP contribution in [0.3, 0.4) is 0 Å². The first-order chi connectivity index (χ1) is 14.1. The Morgan fingerprint density at radius 2 is 1.62 bits per heavy atom. The van der Waals surface area contributed by atoms with E-state index in [4.69, 9.17) is 4.74 Å². The monoisotopic (exact) mass is 408 g/mol. The molecule has 0 spiro atoms. The van der Waals surface area contributed by atoms with Crippen molar-refractivity contribution < 1.29 is 19.1 Å². The smallest absolute Gasteiger partial charge is 0.311 e. The van der Waals surface area contributed by atoms with Gasteiger partial charge in [0.25, 0.3) is 11.8 Å². The van der Waals surface area contributed by atoms with Crippen LogP contribution in [-0.4, -0.2) is 24.3 Å². The van der Waals surface area contributed by atoms with Crippen LogP contribution in [-0.2, 0) is 4.79 Å². The summed E-state index contributed by atoms with van der Waals surface area (Å²) in [7, 11) is 0. The molecule has 1 aromatic heterocycles. The van der Waals surface area contributed by atoms with Gasteiger partial charge >= 0.3 is 5.97 Å². The van der Waals surface area contributed by atoms with Crippen LogP contribution in [0.4, 0.5) is 5.69 Å². The second-order valence-electron chi connectivity index (χ2n) is 6.16. The molecular formula is C22H20N2O4S. The summed E-state index contributed by atoms with van der Waals surface area (Å²) in [5, 5.41) is 7.39. The van der Waals surface area contributed by atoms with Crippen molar-refractivity contribution in [2.45, 2.75) is 12.8 Å². The van der Waals surface area contributed by atoms with Gasteiger partial charge in [-0.1, -0.05) is 24.3 Å². The molecule has 2 amide bonds. The summed E-state index contributed by atoms with van der Waals surface area (Å²) in [6.07, 6.45) is 0.665. The van der Waals surface area contributed by atoms with E-state index >= 15 is 0 Å². The second kappa shape index (κ2) is 10.2. The third-order valence-electron chi connectivity index (χ3n) is 3.97. The molecule has 0 atom stereocenters. The number of carbonyl (C=O) groups is 3. The lowest BCUT2D eigenvalue weighted by Gasteiger charge is -2.07. The van der Waals surface area contributed by atoms with Gasteiger partial charge in [0.2, 0.25) is 0 Å². The molecule has 6 nitrogen and oxygen atoms in total. The van der Waals surface area contributed by atoms with Gasteiger partial charge in [0.15, 0.2) is 0 Å². The molecule has 0 saturated heterocycles. The van der Waals surface area contributed by atoms with Gasteiger partial charge in [-0.3, -0.25) is 14.4 Å². The summed E-state index contributed by atoms with van der Waals surface area (Å²) in [6.45, 7) is 0.385. The largest absolute Gasteiger partial charge is 0.427 e. The van der Waals surface area contributed by atoms with E-state index in [-0.39, 0.29) is 24.2 Å². The zero-order valence-electron chi connectivity index (χ0n) is 15.6. The fraction of sp³-hybridized carbons (Fsp3) is 0.136. The van der Waals surface area contributed by atoms with E-state index in [0.717, 1.165) is 0 Å². The first kappa shape index (κ1) is 20.3. The van der Waals surface area contributed by atoms with Crippen molar-refractivity contribution in [2.75, 3.05) is 11.9 Å². The summed E-state index contributed by atoms with van der Waals surface area (Å²) in [5.41, 5.74) is 1.20. The van der Waals surface area contributed by atoms with Gasteiger partial charge in [0.1, 0.15) is 5.75 Å². The van der Waals surface area contributed by atoms with E-state index in [1.54, 1.807) is 54.6 Å². The number of anilines is 1. The maximum absolute atomic E-state index is 12.0. The molecule has 7 heteroatoms. The van der Waals surface area contributed by atoms with E-state index in [1.165, 1.54) is 11.3 Å². The van der Waals surface area contributed by atoms with Crippen molar-refractivity contribution in [1.29, 1.82) is 0 Å². The summed E-state index contributed by atoms with van der Waals surface area (Å²) in [6, 6.07) is 19.1.